The van der Waals surface area contributed by atoms with Crippen molar-refractivity contribution in [2.45, 2.75) is 13.0 Å². The molecule has 21 heavy (non-hydrogen) atoms. The van der Waals surface area contributed by atoms with Gasteiger partial charge in [0.1, 0.15) is 11.5 Å². The van der Waals surface area contributed by atoms with Crippen LogP contribution in [-0.2, 0) is 4.74 Å². The van der Waals surface area contributed by atoms with Crippen molar-refractivity contribution < 1.29 is 14.5 Å². The molecule has 0 saturated heterocycles. The second-order valence-electron chi connectivity index (χ2n) is 4.17. The number of rotatable bonds is 4. The van der Waals surface area contributed by atoms with Crippen LogP contribution in [0.15, 0.2) is 30.5 Å². The highest BCUT2D eigenvalue weighted by atomic mass is 16.6. The van der Waals surface area contributed by atoms with E-state index in [1.165, 1.54) is 24.4 Å². The third-order valence-electron chi connectivity index (χ3n) is 2.64. The number of imidazole rings is 1. The van der Waals surface area contributed by atoms with Crippen molar-refractivity contribution in [3.63, 3.8) is 0 Å². The van der Waals surface area contributed by atoms with Crippen molar-refractivity contribution in [2.75, 3.05) is 0 Å². The first-order chi connectivity index (χ1) is 10.0. The van der Waals surface area contributed by atoms with E-state index in [0.29, 0.717) is 11.4 Å². The van der Waals surface area contributed by atoms with Crippen LogP contribution in [-0.4, -0.2) is 27.0 Å². The quantitative estimate of drug-likeness (QED) is 0.402. The number of carbonyl (C=O) groups excluding carboxylic acids is 1. The number of esters is 1. The summed E-state index contributed by atoms with van der Waals surface area (Å²) >= 11 is 0. The monoisotopic (exact) mass is 285 g/mol. The molecule has 1 N–H and O–H groups in total. The van der Waals surface area contributed by atoms with Crippen molar-refractivity contribution >= 4 is 11.7 Å². The smallest absolute Gasteiger partial charge is 0.357 e. The Kier molecular flexibility index (Phi) is 4.00. The van der Waals surface area contributed by atoms with Crippen LogP contribution in [0.5, 0.6) is 0 Å². The normalized spacial score (nSPS) is 11.4. The molecule has 0 aliphatic carbocycles. The number of terminal acetylenes is 1. The summed E-state index contributed by atoms with van der Waals surface area (Å²) in [4.78, 5) is 28.7. The van der Waals surface area contributed by atoms with Crippen molar-refractivity contribution in [1.29, 1.82) is 0 Å². The highest BCUT2D eigenvalue weighted by molar-refractivity contribution is 5.88. The molecule has 0 unspecified atom stereocenters. The average molecular weight is 285 g/mol. The molecule has 2 rings (SSSR count). The predicted molar refractivity (Wildman–Crippen MR) is 74.4 cm³/mol. The van der Waals surface area contributed by atoms with Crippen LogP contribution in [0, 0.1) is 22.5 Å². The maximum Gasteiger partial charge on any atom is 0.357 e. The van der Waals surface area contributed by atoms with Gasteiger partial charge in [-0.25, -0.2) is 9.78 Å². The molecule has 1 aromatic carbocycles. The summed E-state index contributed by atoms with van der Waals surface area (Å²) in [5.74, 6) is 1.97. The molecule has 0 aliphatic heterocycles. The predicted octanol–water partition coefficient (Wildman–Crippen LogP) is 2.16. The Bertz CT molecular complexity index is 730. The number of H-pyrrole nitrogens is 1. The van der Waals surface area contributed by atoms with Crippen LogP contribution in [0.25, 0.3) is 11.4 Å². The molecule has 0 fully saturated rings. The molecular formula is C14H11N3O4. The summed E-state index contributed by atoms with van der Waals surface area (Å²) in [6.45, 7) is 1.57. The van der Waals surface area contributed by atoms with Crippen molar-refractivity contribution in [1.82, 2.24) is 9.97 Å². The second kappa shape index (κ2) is 5.88. The molecule has 7 nitrogen and oxygen atoms in total. The minimum atomic E-state index is -0.651. The van der Waals surface area contributed by atoms with E-state index in [2.05, 4.69) is 15.9 Å². The van der Waals surface area contributed by atoms with Crippen LogP contribution in [0.1, 0.15) is 17.4 Å². The van der Waals surface area contributed by atoms with Crippen molar-refractivity contribution in [2.24, 2.45) is 0 Å². The van der Waals surface area contributed by atoms with E-state index in [4.69, 9.17) is 11.2 Å². The number of nitrogens with one attached hydrogen (secondary N) is 1. The number of benzene rings is 1. The molecule has 106 valence electrons. The number of ether oxygens (including phenoxy) is 1. The molecule has 0 bridgehead atoms. The van der Waals surface area contributed by atoms with Crippen molar-refractivity contribution in [3.8, 4) is 23.7 Å². The summed E-state index contributed by atoms with van der Waals surface area (Å²) in [5.41, 5.74) is 0.556. The molecule has 0 amide bonds. The first kappa shape index (κ1) is 14.3. The van der Waals surface area contributed by atoms with Crippen LogP contribution in [0.3, 0.4) is 0 Å². The molecule has 0 spiro atoms. The molecule has 2 aromatic rings. The largest absolute Gasteiger partial charge is 0.445 e. The number of nitro groups is 1. The average Bonchev–Trinajstić information content (AvgIpc) is 2.97. The zero-order valence-corrected chi connectivity index (χ0v) is 11.1. The van der Waals surface area contributed by atoms with Gasteiger partial charge in [0.15, 0.2) is 6.10 Å². The number of carbonyl (C=O) groups is 1. The summed E-state index contributed by atoms with van der Waals surface area (Å²) in [7, 11) is 0. The lowest BCUT2D eigenvalue weighted by atomic mass is 10.2. The lowest BCUT2D eigenvalue weighted by Crippen LogP contribution is -2.13. The third kappa shape index (κ3) is 3.25. The Hall–Kier alpha value is -3.14. The minimum absolute atomic E-state index is 0.0611. The standard InChI is InChI=1S/C14H11N3O4/c1-3-9(2)21-14(18)12-8-15-13(16-12)10-5-4-6-11(7-10)17(19)20/h1,4-9H,2H3,(H,15,16)/t9-/m0/s1. The number of hydrogen-bond donors (Lipinski definition) is 1. The molecular weight excluding hydrogens is 274 g/mol. The van der Waals surface area contributed by atoms with Gasteiger partial charge in [0, 0.05) is 17.7 Å². The topological polar surface area (TPSA) is 98.1 Å². The van der Waals surface area contributed by atoms with Gasteiger partial charge in [-0.1, -0.05) is 18.1 Å². The number of non-ortho nitro benzene ring substituents is 1. The van der Waals surface area contributed by atoms with Crippen LogP contribution >= 0.6 is 0 Å². The van der Waals surface area contributed by atoms with Gasteiger partial charge in [-0.2, -0.15) is 0 Å². The fourth-order valence-corrected chi connectivity index (χ4v) is 1.60. The number of aromatic nitrogens is 2. The van der Waals surface area contributed by atoms with E-state index >= 15 is 0 Å². The first-order valence-electron chi connectivity index (χ1n) is 5.98. The van der Waals surface area contributed by atoms with Gasteiger partial charge in [-0.3, -0.25) is 10.1 Å². The lowest BCUT2D eigenvalue weighted by Gasteiger charge is -2.04. The van der Waals surface area contributed by atoms with Gasteiger partial charge < -0.3 is 9.72 Å². The fourth-order valence-electron chi connectivity index (χ4n) is 1.60. The number of hydrogen-bond acceptors (Lipinski definition) is 5. The minimum Gasteiger partial charge on any atom is -0.445 e. The molecule has 0 saturated carbocycles. The van der Waals surface area contributed by atoms with Gasteiger partial charge in [0.25, 0.3) is 5.69 Å². The second-order valence-corrected chi connectivity index (χ2v) is 4.17. The van der Waals surface area contributed by atoms with Gasteiger partial charge in [0.2, 0.25) is 0 Å². The van der Waals surface area contributed by atoms with E-state index in [1.54, 1.807) is 13.0 Å². The van der Waals surface area contributed by atoms with E-state index in [1.807, 2.05) is 0 Å². The van der Waals surface area contributed by atoms with Gasteiger partial charge >= 0.3 is 5.97 Å². The van der Waals surface area contributed by atoms with Gasteiger partial charge in [-0.15, -0.1) is 6.42 Å². The Morgan fingerprint density at radius 1 is 1.57 bits per heavy atom. The Labute approximate surface area is 120 Å². The van der Waals surface area contributed by atoms with Crippen LogP contribution in [0.4, 0.5) is 5.69 Å². The number of aromatic amines is 1. The van der Waals surface area contributed by atoms with Gasteiger partial charge in [-0.05, 0) is 6.92 Å². The molecule has 1 atom stereocenters. The van der Waals surface area contributed by atoms with E-state index in [9.17, 15) is 14.9 Å². The molecule has 7 heteroatoms. The maximum absolute atomic E-state index is 11.7. The van der Waals surface area contributed by atoms with E-state index < -0.39 is 17.0 Å². The van der Waals surface area contributed by atoms with Crippen molar-refractivity contribution in [3.05, 3.63) is 46.3 Å². The summed E-state index contributed by atoms with van der Waals surface area (Å²) < 4.78 is 4.94. The SMILES string of the molecule is C#C[C@H](C)OC(=O)c1cnc(-c2cccc([N+](=O)[O-])c2)[nH]1. The van der Waals surface area contributed by atoms with E-state index in [-0.39, 0.29) is 11.4 Å². The molecule has 0 aliphatic rings. The zero-order valence-electron chi connectivity index (χ0n) is 11.1. The third-order valence-corrected chi connectivity index (χ3v) is 2.64. The molecule has 1 heterocycles. The zero-order chi connectivity index (χ0) is 15.4. The van der Waals surface area contributed by atoms with Crippen LogP contribution < -0.4 is 0 Å². The summed E-state index contributed by atoms with van der Waals surface area (Å²) in [5, 5.41) is 10.7. The molecule has 1 aromatic heterocycles. The Balaban J connectivity index is 2.24. The lowest BCUT2D eigenvalue weighted by molar-refractivity contribution is -0.384. The van der Waals surface area contributed by atoms with Gasteiger partial charge in [0.05, 0.1) is 11.1 Å². The fraction of sp³-hybridized carbons (Fsp3) is 0.143. The molecule has 0 radical (unpaired) electrons. The Morgan fingerprint density at radius 3 is 3.00 bits per heavy atom. The maximum atomic E-state index is 11.7. The number of nitrogens with zero attached hydrogens (tertiary/aromatic N) is 2. The highest BCUT2D eigenvalue weighted by Gasteiger charge is 2.15. The van der Waals surface area contributed by atoms with Crippen LogP contribution in [0.2, 0.25) is 0 Å². The highest BCUT2D eigenvalue weighted by Crippen LogP contribution is 2.21. The Morgan fingerprint density at radius 2 is 2.33 bits per heavy atom. The number of nitro benzene ring substituents is 1. The van der Waals surface area contributed by atoms with E-state index in [0.717, 1.165) is 0 Å². The summed E-state index contributed by atoms with van der Waals surface area (Å²) in [6.07, 6.45) is 5.76. The first-order valence-corrected chi connectivity index (χ1v) is 5.98. The summed E-state index contributed by atoms with van der Waals surface area (Å²) in [6, 6.07) is 5.91.